The van der Waals surface area contributed by atoms with Crippen LogP contribution in [0.5, 0.6) is 0 Å². The van der Waals surface area contributed by atoms with Gasteiger partial charge in [0.2, 0.25) is 10.0 Å². The molecule has 1 saturated carbocycles. The highest BCUT2D eigenvalue weighted by atomic mass is 32.2. The summed E-state index contributed by atoms with van der Waals surface area (Å²) in [5, 5.41) is 3.31. The maximum absolute atomic E-state index is 11.4. The molecular formula is C10H20N2O2S. The fourth-order valence-corrected chi connectivity index (χ4v) is 3.43. The quantitative estimate of drug-likeness (QED) is 0.743. The third-order valence-electron chi connectivity index (χ3n) is 3.77. The van der Waals surface area contributed by atoms with E-state index in [0.29, 0.717) is 5.41 Å². The minimum absolute atomic E-state index is 0.182. The zero-order chi connectivity index (χ0) is 10.9. The molecule has 4 nitrogen and oxygen atoms in total. The van der Waals surface area contributed by atoms with Gasteiger partial charge in [0.1, 0.15) is 0 Å². The minimum Gasteiger partial charge on any atom is -0.316 e. The van der Waals surface area contributed by atoms with Gasteiger partial charge in [-0.1, -0.05) is 0 Å². The Bertz CT molecular complexity index is 312. The molecule has 1 aliphatic carbocycles. The van der Waals surface area contributed by atoms with E-state index in [1.807, 2.05) is 0 Å². The van der Waals surface area contributed by atoms with Crippen LogP contribution in [-0.4, -0.2) is 33.3 Å². The molecule has 88 valence electrons. The average molecular weight is 232 g/mol. The summed E-state index contributed by atoms with van der Waals surface area (Å²) in [6.45, 7) is 3.93. The van der Waals surface area contributed by atoms with Crippen LogP contribution in [0.15, 0.2) is 0 Å². The lowest BCUT2D eigenvalue weighted by molar-refractivity contribution is 0.0956. The number of nitrogens with one attached hydrogen (secondary N) is 2. The lowest BCUT2D eigenvalue weighted by Crippen LogP contribution is -2.56. The molecule has 1 aliphatic heterocycles. The highest BCUT2D eigenvalue weighted by molar-refractivity contribution is 7.89. The maximum Gasteiger partial charge on any atom is 0.211 e. The highest BCUT2D eigenvalue weighted by Crippen LogP contribution is 2.39. The Labute approximate surface area is 91.9 Å². The lowest BCUT2D eigenvalue weighted by atomic mass is 9.69. The van der Waals surface area contributed by atoms with Crippen molar-refractivity contribution in [2.45, 2.75) is 38.6 Å². The Morgan fingerprint density at radius 1 is 1.33 bits per heavy atom. The molecule has 0 aromatic carbocycles. The summed E-state index contributed by atoms with van der Waals surface area (Å²) in [5.74, 6) is 0.191. The Hall–Kier alpha value is -0.130. The molecule has 2 fully saturated rings. The first kappa shape index (κ1) is 11.4. The van der Waals surface area contributed by atoms with Crippen molar-refractivity contribution in [3.05, 3.63) is 0 Å². The summed E-state index contributed by atoms with van der Waals surface area (Å²) in [6.07, 6.45) is 4.33. The molecule has 1 saturated heterocycles. The summed E-state index contributed by atoms with van der Waals surface area (Å²) in [4.78, 5) is 0. The summed E-state index contributed by atoms with van der Waals surface area (Å²) in [7, 11) is -3.01. The van der Waals surface area contributed by atoms with Crippen LogP contribution >= 0.6 is 0 Å². The van der Waals surface area contributed by atoms with E-state index < -0.39 is 10.0 Å². The average Bonchev–Trinajstić information content (AvgIpc) is 2.16. The van der Waals surface area contributed by atoms with E-state index in [9.17, 15) is 8.42 Å². The van der Waals surface area contributed by atoms with Gasteiger partial charge in [0, 0.05) is 19.1 Å². The van der Waals surface area contributed by atoms with Crippen LogP contribution in [0.3, 0.4) is 0 Å². The Kier molecular flexibility index (Phi) is 3.05. The molecule has 0 radical (unpaired) electrons. The predicted molar refractivity (Wildman–Crippen MR) is 60.2 cm³/mol. The number of rotatable bonds is 3. The highest BCUT2D eigenvalue weighted by Gasteiger charge is 2.40. The first-order chi connectivity index (χ1) is 7.05. The SMILES string of the molecule is CCS(=O)(=O)NC1CCC2(CC1)CNC2. The van der Waals surface area contributed by atoms with Crippen molar-refractivity contribution in [3.63, 3.8) is 0 Å². The molecule has 1 heterocycles. The second-order valence-corrected chi connectivity index (χ2v) is 6.94. The summed E-state index contributed by atoms with van der Waals surface area (Å²) < 4.78 is 25.6. The van der Waals surface area contributed by atoms with Crippen molar-refractivity contribution in [1.82, 2.24) is 10.0 Å². The van der Waals surface area contributed by atoms with E-state index in [0.717, 1.165) is 38.8 Å². The van der Waals surface area contributed by atoms with E-state index in [1.165, 1.54) is 0 Å². The molecule has 0 unspecified atom stereocenters. The van der Waals surface area contributed by atoms with Crippen LogP contribution in [0, 0.1) is 5.41 Å². The maximum atomic E-state index is 11.4. The smallest absolute Gasteiger partial charge is 0.211 e. The van der Waals surface area contributed by atoms with Crippen LogP contribution in [0.25, 0.3) is 0 Å². The molecule has 2 rings (SSSR count). The van der Waals surface area contributed by atoms with E-state index in [4.69, 9.17) is 0 Å². The fraction of sp³-hybridized carbons (Fsp3) is 1.00. The van der Waals surface area contributed by atoms with Gasteiger partial charge in [-0.25, -0.2) is 13.1 Å². The first-order valence-corrected chi connectivity index (χ1v) is 7.41. The van der Waals surface area contributed by atoms with Gasteiger partial charge in [0.15, 0.2) is 0 Å². The Morgan fingerprint density at radius 2 is 1.93 bits per heavy atom. The van der Waals surface area contributed by atoms with Gasteiger partial charge in [0.25, 0.3) is 0 Å². The lowest BCUT2D eigenvalue weighted by Gasteiger charge is -2.47. The van der Waals surface area contributed by atoms with Crippen molar-refractivity contribution < 1.29 is 8.42 Å². The second kappa shape index (κ2) is 4.03. The van der Waals surface area contributed by atoms with Crippen LogP contribution in [0.2, 0.25) is 0 Å². The molecule has 2 aliphatic rings. The summed E-state index contributed by atoms with van der Waals surface area (Å²) in [6, 6.07) is 0.182. The molecule has 0 bridgehead atoms. The third kappa shape index (κ3) is 2.52. The number of hydrogen-bond acceptors (Lipinski definition) is 3. The van der Waals surface area contributed by atoms with Gasteiger partial charge in [-0.3, -0.25) is 0 Å². The van der Waals surface area contributed by atoms with E-state index in [-0.39, 0.29) is 11.8 Å². The van der Waals surface area contributed by atoms with Crippen molar-refractivity contribution in [1.29, 1.82) is 0 Å². The number of sulfonamides is 1. The molecule has 15 heavy (non-hydrogen) atoms. The van der Waals surface area contributed by atoms with Crippen molar-refractivity contribution in [3.8, 4) is 0 Å². The van der Waals surface area contributed by atoms with Crippen LogP contribution in [0.4, 0.5) is 0 Å². The summed E-state index contributed by atoms with van der Waals surface area (Å²) >= 11 is 0. The van der Waals surface area contributed by atoms with Gasteiger partial charge in [-0.05, 0) is 38.0 Å². The molecule has 2 N–H and O–H groups in total. The van der Waals surface area contributed by atoms with Crippen LogP contribution in [0.1, 0.15) is 32.6 Å². The predicted octanol–water partition coefficient (Wildman–Crippen LogP) is 0.458. The number of hydrogen-bond donors (Lipinski definition) is 2. The first-order valence-electron chi connectivity index (χ1n) is 5.76. The molecule has 5 heteroatoms. The van der Waals surface area contributed by atoms with Gasteiger partial charge in [0.05, 0.1) is 5.75 Å². The Morgan fingerprint density at radius 3 is 2.33 bits per heavy atom. The molecular weight excluding hydrogens is 212 g/mol. The normalized spacial score (nSPS) is 26.5. The van der Waals surface area contributed by atoms with Gasteiger partial charge >= 0.3 is 0 Å². The van der Waals surface area contributed by atoms with E-state index in [2.05, 4.69) is 10.0 Å². The molecule has 0 aromatic rings. The van der Waals surface area contributed by atoms with E-state index >= 15 is 0 Å². The minimum atomic E-state index is -3.01. The van der Waals surface area contributed by atoms with Crippen molar-refractivity contribution in [2.24, 2.45) is 5.41 Å². The zero-order valence-corrected chi connectivity index (χ0v) is 10.1. The molecule has 0 amide bonds. The van der Waals surface area contributed by atoms with E-state index in [1.54, 1.807) is 6.92 Å². The van der Waals surface area contributed by atoms with Gasteiger partial charge in [-0.15, -0.1) is 0 Å². The molecule has 0 atom stereocenters. The van der Waals surface area contributed by atoms with Crippen molar-refractivity contribution >= 4 is 10.0 Å². The molecule has 0 aromatic heterocycles. The Balaban J connectivity index is 1.83. The third-order valence-corrected chi connectivity index (χ3v) is 5.23. The second-order valence-electron chi connectivity index (χ2n) is 4.90. The fourth-order valence-electron chi connectivity index (χ4n) is 2.52. The van der Waals surface area contributed by atoms with Gasteiger partial charge < -0.3 is 5.32 Å². The van der Waals surface area contributed by atoms with Crippen LogP contribution in [-0.2, 0) is 10.0 Å². The topological polar surface area (TPSA) is 58.2 Å². The standard InChI is InChI=1S/C10H20N2O2S/c1-2-15(13,14)12-9-3-5-10(6-4-9)7-11-8-10/h9,11-12H,2-8H2,1H3. The van der Waals surface area contributed by atoms with Gasteiger partial charge in [-0.2, -0.15) is 0 Å². The largest absolute Gasteiger partial charge is 0.316 e. The monoisotopic (exact) mass is 232 g/mol. The zero-order valence-electron chi connectivity index (χ0n) is 9.25. The molecule has 1 spiro atoms. The van der Waals surface area contributed by atoms with Crippen LogP contribution < -0.4 is 10.0 Å². The van der Waals surface area contributed by atoms with Crippen molar-refractivity contribution in [2.75, 3.05) is 18.8 Å². The summed E-state index contributed by atoms with van der Waals surface area (Å²) in [5.41, 5.74) is 0.508.